The van der Waals surface area contributed by atoms with Crippen LogP contribution in [0.5, 0.6) is 0 Å². The largest absolute Gasteiger partial charge is 0.369 e. The summed E-state index contributed by atoms with van der Waals surface area (Å²) in [6, 6.07) is 23.9. The van der Waals surface area contributed by atoms with Gasteiger partial charge in [-0.2, -0.15) is 4.99 Å². The Morgan fingerprint density at radius 3 is 2.35 bits per heavy atom. The Labute approximate surface area is 135 Å². The van der Waals surface area contributed by atoms with Gasteiger partial charge in [0, 0.05) is 23.9 Å². The Hall–Kier alpha value is -3.14. The van der Waals surface area contributed by atoms with E-state index in [1.807, 2.05) is 60.7 Å². The number of aliphatic imine (C=N–C) groups is 1. The maximum absolute atomic E-state index is 6.00. The summed E-state index contributed by atoms with van der Waals surface area (Å²) in [5.74, 6) is 0.960. The minimum Gasteiger partial charge on any atom is -0.369 e. The summed E-state index contributed by atoms with van der Waals surface area (Å²) in [4.78, 5) is 8.77. The van der Waals surface area contributed by atoms with Crippen molar-refractivity contribution in [2.24, 2.45) is 10.7 Å². The Balaban J connectivity index is 1.81. The average Bonchev–Trinajstić information content (AvgIpc) is 2.58. The van der Waals surface area contributed by atoms with E-state index in [-0.39, 0.29) is 0 Å². The number of nitrogens with two attached hydrogens (primary N) is 1. The van der Waals surface area contributed by atoms with E-state index in [2.05, 4.69) is 27.4 Å². The van der Waals surface area contributed by atoms with Crippen LogP contribution in [-0.4, -0.2) is 10.9 Å². The SMILES string of the molecule is N/C(=N\c1ncccc1Cc1ccccc1)Nc1ccccc1. The van der Waals surface area contributed by atoms with Crippen LogP contribution in [0.25, 0.3) is 0 Å². The lowest BCUT2D eigenvalue weighted by Crippen LogP contribution is -2.22. The fraction of sp³-hybridized carbons (Fsp3) is 0.0526. The van der Waals surface area contributed by atoms with Crippen molar-refractivity contribution < 1.29 is 0 Å². The van der Waals surface area contributed by atoms with Gasteiger partial charge in [-0.25, -0.2) is 4.98 Å². The van der Waals surface area contributed by atoms with Gasteiger partial charge < -0.3 is 11.1 Å². The summed E-state index contributed by atoms with van der Waals surface area (Å²) in [6.45, 7) is 0. The van der Waals surface area contributed by atoms with E-state index in [9.17, 15) is 0 Å². The second kappa shape index (κ2) is 7.22. The molecule has 23 heavy (non-hydrogen) atoms. The molecule has 1 aromatic heterocycles. The summed E-state index contributed by atoms with van der Waals surface area (Å²) < 4.78 is 0. The lowest BCUT2D eigenvalue weighted by atomic mass is 10.1. The molecule has 114 valence electrons. The van der Waals surface area contributed by atoms with Gasteiger partial charge in [0.1, 0.15) is 0 Å². The number of rotatable bonds is 4. The maximum Gasteiger partial charge on any atom is 0.199 e. The Kier molecular flexibility index (Phi) is 4.64. The van der Waals surface area contributed by atoms with Gasteiger partial charge in [0.15, 0.2) is 11.8 Å². The van der Waals surface area contributed by atoms with Crippen LogP contribution in [0, 0.1) is 0 Å². The average molecular weight is 302 g/mol. The molecule has 0 aliphatic carbocycles. The highest BCUT2D eigenvalue weighted by atomic mass is 15.1. The highest BCUT2D eigenvalue weighted by molar-refractivity contribution is 5.93. The number of benzene rings is 2. The molecule has 4 heteroatoms. The molecular weight excluding hydrogens is 284 g/mol. The molecule has 0 aliphatic heterocycles. The fourth-order valence-electron chi connectivity index (χ4n) is 2.30. The number of nitrogens with one attached hydrogen (secondary N) is 1. The molecule has 0 bridgehead atoms. The molecule has 0 fully saturated rings. The summed E-state index contributed by atoms with van der Waals surface area (Å²) in [5.41, 5.74) is 9.15. The minimum atomic E-state index is 0.323. The monoisotopic (exact) mass is 302 g/mol. The molecule has 0 amide bonds. The molecule has 3 N–H and O–H groups in total. The van der Waals surface area contributed by atoms with Crippen molar-refractivity contribution in [2.75, 3.05) is 5.32 Å². The van der Waals surface area contributed by atoms with Crippen molar-refractivity contribution in [3.63, 3.8) is 0 Å². The van der Waals surface area contributed by atoms with E-state index in [1.165, 1.54) is 5.56 Å². The summed E-state index contributed by atoms with van der Waals surface area (Å²) in [7, 11) is 0. The van der Waals surface area contributed by atoms with Crippen molar-refractivity contribution in [1.82, 2.24) is 4.98 Å². The molecule has 4 nitrogen and oxygen atoms in total. The Morgan fingerprint density at radius 1 is 0.913 bits per heavy atom. The smallest absolute Gasteiger partial charge is 0.199 e. The van der Waals surface area contributed by atoms with E-state index >= 15 is 0 Å². The first-order valence-corrected chi connectivity index (χ1v) is 7.45. The molecule has 2 aromatic carbocycles. The molecular formula is C19H18N4. The zero-order valence-electron chi connectivity index (χ0n) is 12.7. The fourth-order valence-corrected chi connectivity index (χ4v) is 2.30. The van der Waals surface area contributed by atoms with Gasteiger partial charge in [-0.3, -0.25) is 0 Å². The predicted octanol–water partition coefficient (Wildman–Crippen LogP) is 3.73. The third-order valence-electron chi connectivity index (χ3n) is 3.38. The molecule has 3 rings (SSSR count). The van der Waals surface area contributed by atoms with Gasteiger partial charge >= 0.3 is 0 Å². The molecule has 0 unspecified atom stereocenters. The third kappa shape index (κ3) is 4.17. The van der Waals surface area contributed by atoms with E-state index in [0.717, 1.165) is 17.7 Å². The van der Waals surface area contributed by atoms with Crippen LogP contribution >= 0.6 is 0 Å². The van der Waals surface area contributed by atoms with Gasteiger partial charge in [-0.05, 0) is 23.8 Å². The molecule has 0 spiro atoms. The van der Waals surface area contributed by atoms with E-state index in [1.54, 1.807) is 6.20 Å². The molecule has 0 atom stereocenters. The van der Waals surface area contributed by atoms with Gasteiger partial charge in [0.05, 0.1) is 0 Å². The van der Waals surface area contributed by atoms with Crippen LogP contribution in [0.2, 0.25) is 0 Å². The molecule has 0 aliphatic rings. The third-order valence-corrected chi connectivity index (χ3v) is 3.38. The molecule has 0 saturated carbocycles. The van der Waals surface area contributed by atoms with Crippen LogP contribution in [0.4, 0.5) is 11.5 Å². The summed E-state index contributed by atoms with van der Waals surface area (Å²) in [6.07, 6.45) is 2.50. The van der Waals surface area contributed by atoms with Crippen molar-refractivity contribution in [3.05, 3.63) is 90.1 Å². The number of nitrogens with zero attached hydrogens (tertiary/aromatic N) is 2. The number of pyridine rings is 1. The lowest BCUT2D eigenvalue weighted by molar-refractivity contribution is 1.13. The lowest BCUT2D eigenvalue weighted by Gasteiger charge is -2.08. The zero-order valence-corrected chi connectivity index (χ0v) is 12.7. The summed E-state index contributed by atoms with van der Waals surface area (Å²) >= 11 is 0. The van der Waals surface area contributed by atoms with Crippen LogP contribution in [0.3, 0.4) is 0 Å². The van der Waals surface area contributed by atoms with Gasteiger partial charge in [0.25, 0.3) is 0 Å². The number of anilines is 1. The van der Waals surface area contributed by atoms with Gasteiger partial charge in [-0.1, -0.05) is 54.6 Å². The second-order valence-corrected chi connectivity index (χ2v) is 5.14. The predicted molar refractivity (Wildman–Crippen MR) is 94.8 cm³/mol. The van der Waals surface area contributed by atoms with Crippen molar-refractivity contribution >= 4 is 17.5 Å². The van der Waals surface area contributed by atoms with E-state index in [0.29, 0.717) is 11.8 Å². The molecule has 0 saturated heterocycles. The van der Waals surface area contributed by atoms with Crippen molar-refractivity contribution in [3.8, 4) is 0 Å². The molecule has 0 radical (unpaired) electrons. The molecule has 1 heterocycles. The highest BCUT2D eigenvalue weighted by Gasteiger charge is 2.04. The van der Waals surface area contributed by atoms with Crippen LogP contribution < -0.4 is 11.1 Å². The number of hydrogen-bond donors (Lipinski definition) is 2. The van der Waals surface area contributed by atoms with Crippen molar-refractivity contribution in [2.45, 2.75) is 6.42 Å². The molecule has 3 aromatic rings. The summed E-state index contributed by atoms with van der Waals surface area (Å²) in [5, 5.41) is 3.07. The topological polar surface area (TPSA) is 63.3 Å². The van der Waals surface area contributed by atoms with Crippen LogP contribution in [-0.2, 0) is 6.42 Å². The number of para-hydroxylation sites is 1. The van der Waals surface area contributed by atoms with Crippen molar-refractivity contribution in [1.29, 1.82) is 0 Å². The van der Waals surface area contributed by atoms with E-state index in [4.69, 9.17) is 5.73 Å². The second-order valence-electron chi connectivity index (χ2n) is 5.14. The van der Waals surface area contributed by atoms with Gasteiger partial charge in [0.2, 0.25) is 0 Å². The number of hydrogen-bond acceptors (Lipinski definition) is 2. The first-order chi connectivity index (χ1) is 11.3. The van der Waals surface area contributed by atoms with E-state index < -0.39 is 0 Å². The minimum absolute atomic E-state index is 0.323. The normalized spacial score (nSPS) is 11.2. The van der Waals surface area contributed by atoms with Gasteiger partial charge in [-0.15, -0.1) is 0 Å². The van der Waals surface area contributed by atoms with Crippen LogP contribution in [0.1, 0.15) is 11.1 Å². The Morgan fingerprint density at radius 2 is 1.61 bits per heavy atom. The first kappa shape index (κ1) is 14.8. The van der Waals surface area contributed by atoms with Crippen LogP contribution in [0.15, 0.2) is 84.0 Å². The number of guanidine groups is 1. The zero-order chi connectivity index (χ0) is 15.9. The first-order valence-electron chi connectivity index (χ1n) is 7.45. The quantitative estimate of drug-likeness (QED) is 0.570. The number of aromatic nitrogens is 1. The Bertz CT molecular complexity index is 783. The maximum atomic E-state index is 6.00. The highest BCUT2D eigenvalue weighted by Crippen LogP contribution is 2.19. The standard InChI is InChI=1S/C19H18N4/c20-19(22-17-11-5-2-6-12-17)23-18-16(10-7-13-21-18)14-15-8-3-1-4-9-15/h1-13H,14H2,(H3,20,21,22,23).